The maximum atomic E-state index is 12.1. The number of rotatable bonds is 4. The third-order valence-corrected chi connectivity index (χ3v) is 3.38. The topological polar surface area (TPSA) is 70.1 Å². The molecule has 0 amide bonds. The normalized spacial score (nSPS) is 10.9. The lowest BCUT2D eigenvalue weighted by atomic mass is 10.0. The predicted molar refractivity (Wildman–Crippen MR) is 82.1 cm³/mol. The van der Waals surface area contributed by atoms with Crippen molar-refractivity contribution in [1.29, 1.82) is 0 Å². The Balaban J connectivity index is 2.06. The SMILES string of the molecule is Cc1cc(C)c(C(=O)OCc2ccn(C(C)C)n2)cc1N. The van der Waals surface area contributed by atoms with E-state index in [1.54, 1.807) is 6.07 Å². The molecule has 1 aromatic heterocycles. The first-order valence-electron chi connectivity index (χ1n) is 6.96. The average molecular weight is 287 g/mol. The highest BCUT2D eigenvalue weighted by molar-refractivity contribution is 5.92. The molecule has 0 atom stereocenters. The molecule has 0 aliphatic heterocycles. The first kappa shape index (κ1) is 15.1. The average Bonchev–Trinajstić information content (AvgIpc) is 2.89. The summed E-state index contributed by atoms with van der Waals surface area (Å²) in [4.78, 5) is 12.1. The molecule has 112 valence electrons. The van der Waals surface area contributed by atoms with Crippen LogP contribution in [0.1, 0.15) is 47.1 Å². The zero-order valence-corrected chi connectivity index (χ0v) is 12.9. The van der Waals surface area contributed by atoms with Crippen molar-refractivity contribution in [2.45, 2.75) is 40.3 Å². The molecule has 2 aromatic rings. The number of aryl methyl sites for hydroxylation is 2. The highest BCUT2D eigenvalue weighted by Gasteiger charge is 2.13. The fraction of sp³-hybridized carbons (Fsp3) is 0.375. The van der Waals surface area contributed by atoms with E-state index in [4.69, 9.17) is 10.5 Å². The summed E-state index contributed by atoms with van der Waals surface area (Å²) < 4.78 is 7.14. The molecule has 0 radical (unpaired) electrons. The first-order chi connectivity index (χ1) is 9.88. The number of aromatic nitrogens is 2. The lowest BCUT2D eigenvalue weighted by Crippen LogP contribution is -2.09. The zero-order valence-electron chi connectivity index (χ0n) is 12.9. The van der Waals surface area contributed by atoms with Gasteiger partial charge in [0.25, 0.3) is 0 Å². The van der Waals surface area contributed by atoms with E-state index in [1.807, 2.05) is 50.7 Å². The Morgan fingerprint density at radius 3 is 2.67 bits per heavy atom. The number of nitrogens with two attached hydrogens (primary N) is 1. The van der Waals surface area contributed by atoms with Gasteiger partial charge in [-0.25, -0.2) is 4.79 Å². The Hall–Kier alpha value is -2.30. The fourth-order valence-electron chi connectivity index (χ4n) is 2.05. The smallest absolute Gasteiger partial charge is 0.338 e. The van der Waals surface area contributed by atoms with Crippen molar-refractivity contribution in [2.75, 3.05) is 5.73 Å². The molecule has 0 aliphatic carbocycles. The van der Waals surface area contributed by atoms with Gasteiger partial charge in [-0.05, 0) is 51.0 Å². The summed E-state index contributed by atoms with van der Waals surface area (Å²) in [5, 5.41) is 4.34. The van der Waals surface area contributed by atoms with E-state index in [1.165, 1.54) is 0 Å². The van der Waals surface area contributed by atoms with Crippen LogP contribution in [0.15, 0.2) is 24.4 Å². The van der Waals surface area contributed by atoms with Crippen molar-refractivity contribution >= 4 is 11.7 Å². The molecule has 1 heterocycles. The second-order valence-electron chi connectivity index (χ2n) is 5.48. The largest absolute Gasteiger partial charge is 0.455 e. The monoisotopic (exact) mass is 287 g/mol. The van der Waals surface area contributed by atoms with Crippen molar-refractivity contribution < 1.29 is 9.53 Å². The maximum Gasteiger partial charge on any atom is 0.338 e. The highest BCUT2D eigenvalue weighted by Crippen LogP contribution is 2.19. The second-order valence-corrected chi connectivity index (χ2v) is 5.48. The van der Waals surface area contributed by atoms with Crippen LogP contribution in [-0.4, -0.2) is 15.7 Å². The lowest BCUT2D eigenvalue weighted by molar-refractivity contribution is 0.0466. The Labute approximate surface area is 124 Å². The summed E-state index contributed by atoms with van der Waals surface area (Å²) in [7, 11) is 0. The van der Waals surface area contributed by atoms with Crippen LogP contribution in [0.2, 0.25) is 0 Å². The van der Waals surface area contributed by atoms with Gasteiger partial charge < -0.3 is 10.5 Å². The van der Waals surface area contributed by atoms with Crippen LogP contribution >= 0.6 is 0 Å². The van der Waals surface area contributed by atoms with Crippen LogP contribution in [0.3, 0.4) is 0 Å². The molecule has 0 bridgehead atoms. The molecule has 0 saturated carbocycles. The number of benzene rings is 1. The summed E-state index contributed by atoms with van der Waals surface area (Å²) in [6.07, 6.45) is 1.88. The van der Waals surface area contributed by atoms with Gasteiger partial charge >= 0.3 is 5.97 Å². The molecule has 2 rings (SSSR count). The van der Waals surface area contributed by atoms with E-state index in [-0.39, 0.29) is 18.6 Å². The minimum absolute atomic E-state index is 0.159. The third kappa shape index (κ3) is 3.42. The van der Waals surface area contributed by atoms with Crippen molar-refractivity contribution in [3.63, 3.8) is 0 Å². The Kier molecular flexibility index (Phi) is 4.31. The standard InChI is InChI=1S/C16H21N3O2/c1-10(2)19-6-5-13(18-19)9-21-16(20)14-8-15(17)12(4)7-11(14)3/h5-8,10H,9,17H2,1-4H3. The van der Waals surface area contributed by atoms with Gasteiger partial charge in [0.15, 0.2) is 0 Å². The number of ether oxygens (including phenoxy) is 1. The molecule has 5 heteroatoms. The molecule has 5 nitrogen and oxygen atoms in total. The molecular weight excluding hydrogens is 266 g/mol. The predicted octanol–water partition coefficient (Wildman–Crippen LogP) is 3.02. The van der Waals surface area contributed by atoms with Gasteiger partial charge in [0.2, 0.25) is 0 Å². The molecule has 0 spiro atoms. The van der Waals surface area contributed by atoms with Crippen LogP contribution < -0.4 is 5.73 Å². The number of carbonyl (C=O) groups is 1. The number of esters is 1. The Bertz CT molecular complexity index is 660. The summed E-state index contributed by atoms with van der Waals surface area (Å²) >= 11 is 0. The minimum Gasteiger partial charge on any atom is -0.455 e. The molecule has 1 aromatic carbocycles. The third-order valence-electron chi connectivity index (χ3n) is 3.38. The fourth-order valence-corrected chi connectivity index (χ4v) is 2.05. The number of nitrogen functional groups attached to an aromatic ring is 1. The van der Waals surface area contributed by atoms with E-state index in [9.17, 15) is 4.79 Å². The van der Waals surface area contributed by atoms with Gasteiger partial charge in [0.1, 0.15) is 6.61 Å². The summed E-state index contributed by atoms with van der Waals surface area (Å²) in [5.74, 6) is -0.377. The van der Waals surface area contributed by atoms with Gasteiger partial charge in [-0.2, -0.15) is 5.10 Å². The lowest BCUT2D eigenvalue weighted by Gasteiger charge is -2.09. The number of anilines is 1. The number of carbonyl (C=O) groups excluding carboxylic acids is 1. The molecule has 0 unspecified atom stereocenters. The quantitative estimate of drug-likeness (QED) is 0.693. The Morgan fingerprint density at radius 1 is 1.33 bits per heavy atom. The van der Waals surface area contributed by atoms with Crippen LogP contribution in [0.5, 0.6) is 0 Å². The Morgan fingerprint density at radius 2 is 2.05 bits per heavy atom. The second kappa shape index (κ2) is 5.99. The van der Waals surface area contributed by atoms with E-state index >= 15 is 0 Å². The van der Waals surface area contributed by atoms with Gasteiger partial charge in [-0.1, -0.05) is 6.07 Å². The number of hydrogen-bond acceptors (Lipinski definition) is 4. The van der Waals surface area contributed by atoms with Gasteiger partial charge in [-0.15, -0.1) is 0 Å². The zero-order chi connectivity index (χ0) is 15.6. The van der Waals surface area contributed by atoms with Gasteiger partial charge in [0.05, 0.1) is 11.3 Å². The van der Waals surface area contributed by atoms with E-state index in [0.29, 0.717) is 11.3 Å². The van der Waals surface area contributed by atoms with Gasteiger partial charge in [0, 0.05) is 17.9 Å². The minimum atomic E-state index is -0.377. The van der Waals surface area contributed by atoms with E-state index in [0.717, 1.165) is 16.8 Å². The molecule has 0 fully saturated rings. The molecule has 0 saturated heterocycles. The van der Waals surface area contributed by atoms with Crippen LogP contribution in [-0.2, 0) is 11.3 Å². The van der Waals surface area contributed by atoms with Gasteiger partial charge in [-0.3, -0.25) is 4.68 Å². The molecule has 0 aliphatic rings. The summed E-state index contributed by atoms with van der Waals surface area (Å²) in [5.41, 5.74) is 9.49. The maximum absolute atomic E-state index is 12.1. The first-order valence-corrected chi connectivity index (χ1v) is 6.96. The molecular formula is C16H21N3O2. The summed E-state index contributed by atoms with van der Waals surface area (Å²) in [6, 6.07) is 5.69. The van der Waals surface area contributed by atoms with Crippen LogP contribution in [0, 0.1) is 13.8 Å². The van der Waals surface area contributed by atoms with E-state index < -0.39 is 0 Å². The number of nitrogens with zero attached hydrogens (tertiary/aromatic N) is 2. The molecule has 2 N–H and O–H groups in total. The van der Waals surface area contributed by atoms with Crippen molar-refractivity contribution in [3.8, 4) is 0 Å². The summed E-state index contributed by atoms with van der Waals surface area (Å²) in [6.45, 7) is 8.03. The van der Waals surface area contributed by atoms with Crippen molar-refractivity contribution in [3.05, 3.63) is 46.8 Å². The molecule has 21 heavy (non-hydrogen) atoms. The van der Waals surface area contributed by atoms with E-state index in [2.05, 4.69) is 5.10 Å². The highest BCUT2D eigenvalue weighted by atomic mass is 16.5. The van der Waals surface area contributed by atoms with Crippen molar-refractivity contribution in [1.82, 2.24) is 9.78 Å². The van der Waals surface area contributed by atoms with Crippen LogP contribution in [0.4, 0.5) is 5.69 Å². The van der Waals surface area contributed by atoms with Crippen LogP contribution in [0.25, 0.3) is 0 Å². The van der Waals surface area contributed by atoms with Crippen molar-refractivity contribution in [2.24, 2.45) is 0 Å². The number of hydrogen-bond donors (Lipinski definition) is 1.